The van der Waals surface area contributed by atoms with Crippen molar-refractivity contribution in [3.8, 4) is 11.1 Å². The highest BCUT2D eigenvalue weighted by atomic mass is 16.2. The van der Waals surface area contributed by atoms with Gasteiger partial charge in [0.15, 0.2) is 0 Å². The molecule has 114 valence electrons. The number of benzene rings is 1. The van der Waals surface area contributed by atoms with E-state index in [2.05, 4.69) is 23.3 Å². The minimum Gasteiger partial charge on any atom is -0.336 e. The van der Waals surface area contributed by atoms with Gasteiger partial charge in [0.05, 0.1) is 0 Å². The van der Waals surface area contributed by atoms with E-state index >= 15 is 0 Å². The number of nitrogens with zero attached hydrogens (tertiary/aromatic N) is 2. The first kappa shape index (κ1) is 14.7. The van der Waals surface area contributed by atoms with Gasteiger partial charge in [0.25, 0.3) is 5.91 Å². The van der Waals surface area contributed by atoms with E-state index in [0.29, 0.717) is 0 Å². The lowest BCUT2D eigenvalue weighted by Crippen LogP contribution is -2.46. The van der Waals surface area contributed by atoms with Crippen LogP contribution >= 0.6 is 0 Å². The molecule has 0 aliphatic carbocycles. The minimum atomic E-state index is 0.119. The van der Waals surface area contributed by atoms with Crippen molar-refractivity contribution in [3.05, 3.63) is 53.9 Å². The molecule has 0 spiro atoms. The summed E-state index contributed by atoms with van der Waals surface area (Å²) in [7, 11) is 0. The number of carbonyl (C=O) groups is 1. The van der Waals surface area contributed by atoms with Gasteiger partial charge in [-0.1, -0.05) is 19.1 Å². The third kappa shape index (κ3) is 3.17. The number of piperazine rings is 1. The number of hydrogen-bond acceptors (Lipinski definition) is 3. The Kier molecular flexibility index (Phi) is 4.49. The summed E-state index contributed by atoms with van der Waals surface area (Å²) < 4.78 is 0. The lowest BCUT2D eigenvalue weighted by molar-refractivity contribution is 0.0736. The van der Waals surface area contributed by atoms with E-state index in [0.717, 1.165) is 49.3 Å². The molecule has 0 radical (unpaired) electrons. The predicted molar refractivity (Wildman–Crippen MR) is 87.8 cm³/mol. The van der Waals surface area contributed by atoms with E-state index < -0.39 is 0 Å². The molecular formula is C18H21N3O. The van der Waals surface area contributed by atoms with Crippen LogP contribution in [-0.2, 0) is 6.42 Å². The zero-order valence-corrected chi connectivity index (χ0v) is 12.9. The summed E-state index contributed by atoms with van der Waals surface area (Å²) in [5.74, 6) is 0.119. The summed E-state index contributed by atoms with van der Waals surface area (Å²) in [6, 6.07) is 9.99. The Hall–Kier alpha value is -2.20. The normalized spacial score (nSPS) is 14.9. The highest BCUT2D eigenvalue weighted by Crippen LogP contribution is 2.20. The Morgan fingerprint density at radius 1 is 1.14 bits per heavy atom. The van der Waals surface area contributed by atoms with Crippen LogP contribution in [0.4, 0.5) is 0 Å². The molecule has 1 aliphatic rings. The lowest BCUT2D eigenvalue weighted by atomic mass is 10.0. The largest absolute Gasteiger partial charge is 0.336 e. The lowest BCUT2D eigenvalue weighted by Gasteiger charge is -2.27. The first-order chi connectivity index (χ1) is 10.8. The van der Waals surface area contributed by atoms with Crippen molar-refractivity contribution < 1.29 is 4.79 Å². The molecule has 3 rings (SSSR count). The Morgan fingerprint density at radius 2 is 1.86 bits per heavy atom. The maximum absolute atomic E-state index is 12.4. The molecule has 1 aromatic carbocycles. The average Bonchev–Trinajstić information content (AvgIpc) is 2.62. The number of aromatic nitrogens is 1. The van der Waals surface area contributed by atoms with Gasteiger partial charge in [-0.3, -0.25) is 9.78 Å². The number of amides is 1. The van der Waals surface area contributed by atoms with Crippen molar-refractivity contribution in [1.82, 2.24) is 15.2 Å². The first-order valence-corrected chi connectivity index (χ1v) is 7.82. The molecule has 4 nitrogen and oxygen atoms in total. The fraction of sp³-hybridized carbons (Fsp3) is 0.333. The molecule has 0 bridgehead atoms. The molecule has 1 saturated heterocycles. The van der Waals surface area contributed by atoms with Crippen LogP contribution in [-0.4, -0.2) is 42.0 Å². The second kappa shape index (κ2) is 6.71. The molecule has 22 heavy (non-hydrogen) atoms. The van der Waals surface area contributed by atoms with E-state index in [1.54, 1.807) is 0 Å². The van der Waals surface area contributed by atoms with Crippen LogP contribution in [0, 0.1) is 0 Å². The second-order valence-electron chi connectivity index (χ2n) is 5.55. The van der Waals surface area contributed by atoms with E-state index in [4.69, 9.17) is 0 Å². The zero-order chi connectivity index (χ0) is 15.4. The van der Waals surface area contributed by atoms with E-state index in [1.807, 2.05) is 41.6 Å². The quantitative estimate of drug-likeness (QED) is 0.945. The van der Waals surface area contributed by atoms with E-state index in [-0.39, 0.29) is 5.91 Å². The Bertz CT molecular complexity index is 646. The summed E-state index contributed by atoms with van der Waals surface area (Å²) in [6.07, 6.45) is 4.73. The van der Waals surface area contributed by atoms with Gasteiger partial charge in [-0.05, 0) is 35.7 Å². The summed E-state index contributed by atoms with van der Waals surface area (Å²) in [5, 5.41) is 3.26. The standard InChI is InChI=1S/C18H21N3O/c1-2-14-11-17(13-20-12-14)15-3-5-16(6-4-15)18(22)21-9-7-19-8-10-21/h3-6,11-13,19H,2,7-10H2,1H3. The van der Waals surface area contributed by atoms with Gasteiger partial charge in [-0.15, -0.1) is 0 Å². The number of hydrogen-bond donors (Lipinski definition) is 1. The van der Waals surface area contributed by atoms with Crippen molar-refractivity contribution in [2.75, 3.05) is 26.2 Å². The smallest absolute Gasteiger partial charge is 0.253 e. The third-order valence-corrected chi connectivity index (χ3v) is 4.07. The van der Waals surface area contributed by atoms with Crippen molar-refractivity contribution in [2.45, 2.75) is 13.3 Å². The van der Waals surface area contributed by atoms with E-state index in [9.17, 15) is 4.79 Å². The highest BCUT2D eigenvalue weighted by Gasteiger charge is 2.17. The molecule has 1 aliphatic heterocycles. The van der Waals surface area contributed by atoms with Crippen LogP contribution in [0.25, 0.3) is 11.1 Å². The fourth-order valence-electron chi connectivity index (χ4n) is 2.69. The minimum absolute atomic E-state index is 0.119. The molecule has 0 unspecified atom stereocenters. The van der Waals surface area contributed by atoms with Crippen LogP contribution in [0.1, 0.15) is 22.8 Å². The van der Waals surface area contributed by atoms with Crippen molar-refractivity contribution in [1.29, 1.82) is 0 Å². The van der Waals surface area contributed by atoms with Crippen LogP contribution in [0.3, 0.4) is 0 Å². The average molecular weight is 295 g/mol. The van der Waals surface area contributed by atoms with Crippen molar-refractivity contribution in [2.24, 2.45) is 0 Å². The molecule has 0 saturated carbocycles. The molecule has 0 atom stereocenters. The maximum Gasteiger partial charge on any atom is 0.253 e. The van der Waals surface area contributed by atoms with Crippen LogP contribution in [0.5, 0.6) is 0 Å². The number of rotatable bonds is 3. The predicted octanol–water partition coefficient (Wildman–Crippen LogP) is 2.36. The zero-order valence-electron chi connectivity index (χ0n) is 12.9. The Labute approximate surface area is 131 Å². The SMILES string of the molecule is CCc1cncc(-c2ccc(C(=O)N3CCNCC3)cc2)c1. The summed E-state index contributed by atoms with van der Waals surface area (Å²) in [4.78, 5) is 18.6. The third-order valence-electron chi connectivity index (χ3n) is 4.07. The molecule has 1 fully saturated rings. The maximum atomic E-state index is 12.4. The molecule has 1 N–H and O–H groups in total. The molecular weight excluding hydrogens is 274 g/mol. The van der Waals surface area contributed by atoms with Crippen LogP contribution < -0.4 is 5.32 Å². The summed E-state index contributed by atoms with van der Waals surface area (Å²) in [5.41, 5.74) is 4.17. The summed E-state index contributed by atoms with van der Waals surface area (Å²) in [6.45, 7) is 5.43. The van der Waals surface area contributed by atoms with Gasteiger partial charge in [0.1, 0.15) is 0 Å². The van der Waals surface area contributed by atoms with Gasteiger partial charge < -0.3 is 10.2 Å². The number of aryl methyl sites for hydroxylation is 1. The van der Waals surface area contributed by atoms with E-state index in [1.165, 1.54) is 5.56 Å². The van der Waals surface area contributed by atoms with Gasteiger partial charge in [-0.25, -0.2) is 0 Å². The van der Waals surface area contributed by atoms with Crippen molar-refractivity contribution >= 4 is 5.91 Å². The summed E-state index contributed by atoms with van der Waals surface area (Å²) >= 11 is 0. The van der Waals surface area contributed by atoms with Crippen LogP contribution in [0.2, 0.25) is 0 Å². The van der Waals surface area contributed by atoms with Gasteiger partial charge in [0, 0.05) is 49.7 Å². The Balaban J connectivity index is 1.78. The molecule has 2 aromatic rings. The molecule has 1 aromatic heterocycles. The molecule has 2 heterocycles. The van der Waals surface area contributed by atoms with Gasteiger partial charge >= 0.3 is 0 Å². The van der Waals surface area contributed by atoms with Crippen LogP contribution in [0.15, 0.2) is 42.7 Å². The fourth-order valence-corrected chi connectivity index (χ4v) is 2.69. The van der Waals surface area contributed by atoms with Gasteiger partial charge in [-0.2, -0.15) is 0 Å². The number of carbonyl (C=O) groups excluding carboxylic acids is 1. The number of pyridine rings is 1. The Morgan fingerprint density at radius 3 is 2.55 bits per heavy atom. The van der Waals surface area contributed by atoms with Crippen molar-refractivity contribution in [3.63, 3.8) is 0 Å². The highest BCUT2D eigenvalue weighted by molar-refractivity contribution is 5.94. The van der Waals surface area contributed by atoms with Gasteiger partial charge in [0.2, 0.25) is 0 Å². The number of nitrogens with one attached hydrogen (secondary N) is 1. The second-order valence-corrected chi connectivity index (χ2v) is 5.55. The first-order valence-electron chi connectivity index (χ1n) is 7.82. The molecule has 4 heteroatoms. The monoisotopic (exact) mass is 295 g/mol. The molecule has 1 amide bonds. The topological polar surface area (TPSA) is 45.2 Å².